The van der Waals surface area contributed by atoms with Crippen molar-refractivity contribution in [2.75, 3.05) is 20.8 Å². The molecule has 1 amide bonds. The Labute approximate surface area is 173 Å². The van der Waals surface area contributed by atoms with Gasteiger partial charge in [0.05, 0.1) is 26.7 Å². The van der Waals surface area contributed by atoms with Crippen LogP contribution < -0.4 is 9.47 Å². The van der Waals surface area contributed by atoms with Crippen LogP contribution in [0.25, 0.3) is 0 Å². The van der Waals surface area contributed by atoms with Gasteiger partial charge >= 0.3 is 0 Å². The lowest BCUT2D eigenvalue weighted by molar-refractivity contribution is -0.132. The monoisotopic (exact) mass is 411 g/mol. The lowest BCUT2D eigenvalue weighted by Gasteiger charge is -2.37. The number of carbonyl (C=O) groups is 1. The summed E-state index contributed by atoms with van der Waals surface area (Å²) in [7, 11) is 3.23. The molecule has 6 heteroatoms. The third kappa shape index (κ3) is 3.85. The largest absolute Gasteiger partial charge is 0.493 e. The third-order valence-electron chi connectivity index (χ3n) is 5.25. The Kier molecular flexibility index (Phi) is 5.53. The van der Waals surface area contributed by atoms with Crippen LogP contribution in [0, 0.1) is 5.82 Å². The van der Waals surface area contributed by atoms with Gasteiger partial charge in [0.2, 0.25) is 5.91 Å². The molecule has 1 aromatic heterocycles. The second-order valence-corrected chi connectivity index (χ2v) is 7.95. The van der Waals surface area contributed by atoms with E-state index in [9.17, 15) is 9.18 Å². The predicted molar refractivity (Wildman–Crippen MR) is 111 cm³/mol. The van der Waals surface area contributed by atoms with Gasteiger partial charge in [-0.2, -0.15) is 0 Å². The number of thiophene rings is 1. The highest BCUT2D eigenvalue weighted by Crippen LogP contribution is 2.42. The van der Waals surface area contributed by atoms with E-state index in [1.165, 1.54) is 12.1 Å². The van der Waals surface area contributed by atoms with E-state index in [1.54, 1.807) is 37.7 Å². The number of halogens is 1. The molecule has 0 spiro atoms. The number of nitrogens with zero attached hydrogens (tertiary/aromatic N) is 1. The van der Waals surface area contributed by atoms with E-state index in [4.69, 9.17) is 9.47 Å². The minimum atomic E-state index is -0.328. The molecule has 4 nitrogen and oxygen atoms in total. The molecule has 2 heterocycles. The van der Waals surface area contributed by atoms with Crippen LogP contribution >= 0.6 is 11.3 Å². The average Bonchev–Trinajstić information content (AvgIpc) is 3.26. The molecule has 1 aliphatic rings. The van der Waals surface area contributed by atoms with Crippen LogP contribution in [0.15, 0.2) is 53.9 Å². The Balaban J connectivity index is 1.73. The van der Waals surface area contributed by atoms with Crippen LogP contribution in [0.2, 0.25) is 0 Å². The fraction of sp³-hybridized carbons (Fsp3) is 0.261. The zero-order valence-electron chi connectivity index (χ0n) is 16.4. The lowest BCUT2D eigenvalue weighted by atomic mass is 9.90. The minimum absolute atomic E-state index is 0.0190. The minimum Gasteiger partial charge on any atom is -0.493 e. The molecular weight excluding hydrogens is 389 g/mol. The molecule has 0 saturated carbocycles. The van der Waals surface area contributed by atoms with Crippen LogP contribution in [0.5, 0.6) is 11.5 Å². The molecule has 0 radical (unpaired) electrons. The zero-order chi connectivity index (χ0) is 20.4. The molecule has 0 aliphatic carbocycles. The summed E-state index contributed by atoms with van der Waals surface area (Å²) in [6.07, 6.45) is 0.898. The van der Waals surface area contributed by atoms with Crippen LogP contribution in [0.1, 0.15) is 27.6 Å². The number of carbonyl (C=O) groups excluding carboxylic acids is 1. The van der Waals surface area contributed by atoms with Crippen LogP contribution in [-0.2, 0) is 17.6 Å². The van der Waals surface area contributed by atoms with Crippen molar-refractivity contribution in [3.63, 3.8) is 0 Å². The number of amides is 1. The first-order valence-corrected chi connectivity index (χ1v) is 10.3. The fourth-order valence-electron chi connectivity index (χ4n) is 3.89. The van der Waals surface area contributed by atoms with Gasteiger partial charge in [-0.15, -0.1) is 11.3 Å². The van der Waals surface area contributed by atoms with E-state index in [0.717, 1.165) is 22.4 Å². The number of hydrogen-bond donors (Lipinski definition) is 0. The predicted octanol–water partition coefficient (Wildman–Crippen LogP) is 4.62. The van der Waals surface area contributed by atoms with Crippen LogP contribution in [0.3, 0.4) is 0 Å². The number of benzene rings is 2. The molecule has 1 unspecified atom stereocenters. The van der Waals surface area contributed by atoms with Gasteiger partial charge in [0.15, 0.2) is 11.5 Å². The molecule has 0 N–H and O–H groups in total. The van der Waals surface area contributed by atoms with Crippen molar-refractivity contribution in [1.82, 2.24) is 4.90 Å². The molecule has 1 aliphatic heterocycles. The second kappa shape index (κ2) is 8.25. The molecule has 2 aromatic carbocycles. The highest BCUT2D eigenvalue weighted by atomic mass is 32.1. The summed E-state index contributed by atoms with van der Waals surface area (Å²) >= 11 is 1.62. The summed E-state index contributed by atoms with van der Waals surface area (Å²) in [5.41, 5.74) is 2.87. The molecule has 0 bridgehead atoms. The maximum absolute atomic E-state index is 13.6. The zero-order valence-corrected chi connectivity index (χ0v) is 17.2. The van der Waals surface area contributed by atoms with Crippen molar-refractivity contribution < 1.29 is 18.7 Å². The SMILES string of the molecule is COc1cc2c(cc1OC)C(c1cccs1)N(C(=O)Cc1cccc(F)c1)CC2. The summed E-state index contributed by atoms with van der Waals surface area (Å²) in [5.74, 6) is 0.989. The molecule has 0 fully saturated rings. The van der Waals surface area contributed by atoms with Crippen LogP contribution in [0.4, 0.5) is 4.39 Å². The van der Waals surface area contributed by atoms with E-state index in [2.05, 4.69) is 0 Å². The lowest BCUT2D eigenvalue weighted by Crippen LogP contribution is -2.41. The highest BCUT2D eigenvalue weighted by Gasteiger charge is 2.33. The smallest absolute Gasteiger partial charge is 0.227 e. The maximum atomic E-state index is 13.6. The summed E-state index contributed by atoms with van der Waals surface area (Å²) in [5, 5.41) is 2.01. The normalized spacial score (nSPS) is 15.7. The molecule has 0 saturated heterocycles. The summed E-state index contributed by atoms with van der Waals surface area (Å²) in [6, 6.07) is 14.0. The van der Waals surface area contributed by atoms with Crippen molar-refractivity contribution in [3.05, 3.63) is 81.3 Å². The summed E-state index contributed by atoms with van der Waals surface area (Å²) < 4.78 is 24.5. The third-order valence-corrected chi connectivity index (χ3v) is 6.18. The maximum Gasteiger partial charge on any atom is 0.227 e. The Morgan fingerprint density at radius 3 is 2.62 bits per heavy atom. The van der Waals surface area contributed by atoms with Crippen molar-refractivity contribution >= 4 is 17.2 Å². The van der Waals surface area contributed by atoms with Crippen molar-refractivity contribution in [2.24, 2.45) is 0 Å². The van der Waals surface area contributed by atoms with E-state index in [1.807, 2.05) is 34.5 Å². The van der Waals surface area contributed by atoms with Gasteiger partial charge in [0.25, 0.3) is 0 Å². The summed E-state index contributed by atoms with van der Waals surface area (Å²) in [6.45, 7) is 0.596. The van der Waals surface area contributed by atoms with Gasteiger partial charge in [-0.25, -0.2) is 4.39 Å². The van der Waals surface area contributed by atoms with E-state index in [-0.39, 0.29) is 24.2 Å². The molecular formula is C23H22FNO3S. The van der Waals surface area contributed by atoms with Gasteiger partial charge in [-0.3, -0.25) is 4.79 Å². The van der Waals surface area contributed by atoms with E-state index in [0.29, 0.717) is 23.6 Å². The van der Waals surface area contributed by atoms with Crippen molar-refractivity contribution in [3.8, 4) is 11.5 Å². The Morgan fingerprint density at radius 1 is 1.14 bits per heavy atom. The van der Waals surface area contributed by atoms with Gasteiger partial charge in [-0.1, -0.05) is 18.2 Å². The topological polar surface area (TPSA) is 38.8 Å². The quantitative estimate of drug-likeness (QED) is 0.615. The van der Waals surface area contributed by atoms with Gasteiger partial charge in [-0.05, 0) is 58.8 Å². The molecule has 150 valence electrons. The highest BCUT2D eigenvalue weighted by molar-refractivity contribution is 7.10. The number of fused-ring (bicyclic) bond motifs is 1. The Morgan fingerprint density at radius 2 is 1.93 bits per heavy atom. The number of methoxy groups -OCH3 is 2. The van der Waals surface area contributed by atoms with E-state index >= 15 is 0 Å². The standard InChI is InChI=1S/C23H22FNO3S/c1-27-19-13-16-8-9-25(22(26)12-15-5-3-6-17(24)11-15)23(21-7-4-10-29-21)18(16)14-20(19)28-2/h3-7,10-11,13-14,23H,8-9,12H2,1-2H3. The van der Waals surface area contributed by atoms with Gasteiger partial charge in [0, 0.05) is 11.4 Å². The average molecular weight is 411 g/mol. The molecule has 4 rings (SSSR count). The van der Waals surface area contributed by atoms with Gasteiger partial charge in [0.1, 0.15) is 5.82 Å². The Bertz CT molecular complexity index is 1020. The summed E-state index contributed by atoms with van der Waals surface area (Å²) in [4.78, 5) is 16.2. The second-order valence-electron chi connectivity index (χ2n) is 6.97. The van der Waals surface area contributed by atoms with Crippen LogP contribution in [-0.4, -0.2) is 31.6 Å². The van der Waals surface area contributed by atoms with Crippen molar-refractivity contribution in [1.29, 1.82) is 0 Å². The molecule has 3 aromatic rings. The van der Waals surface area contributed by atoms with E-state index < -0.39 is 0 Å². The first-order valence-electron chi connectivity index (χ1n) is 9.43. The van der Waals surface area contributed by atoms with Gasteiger partial charge < -0.3 is 14.4 Å². The fourth-order valence-corrected chi connectivity index (χ4v) is 4.75. The number of hydrogen-bond acceptors (Lipinski definition) is 4. The number of rotatable bonds is 5. The number of ether oxygens (including phenoxy) is 2. The first-order chi connectivity index (χ1) is 14.1. The first kappa shape index (κ1) is 19.5. The Hall–Kier alpha value is -2.86. The van der Waals surface area contributed by atoms with Crippen molar-refractivity contribution in [2.45, 2.75) is 18.9 Å². The molecule has 1 atom stereocenters. The molecule has 29 heavy (non-hydrogen) atoms.